The lowest BCUT2D eigenvalue weighted by Gasteiger charge is -2.57. The lowest BCUT2D eigenvalue weighted by atomic mass is 9.49. The SMILES string of the molecule is CC(C)(C)[Si](C)(C)O[C@@H](CNCCc1ccc(OCCC23CC4CC(CC(C4)C2)C3)cc1)c1ccc(OCc2ccccc2)c2[nH]c(=O)ccc12. The molecule has 8 rings (SSSR count). The maximum absolute atomic E-state index is 12.5. The van der Waals surface area contributed by atoms with Gasteiger partial charge in [-0.1, -0.05) is 69.3 Å². The van der Waals surface area contributed by atoms with E-state index in [4.69, 9.17) is 13.9 Å². The molecule has 4 saturated carbocycles. The minimum absolute atomic E-state index is 0.0488. The molecule has 1 aromatic heterocycles. The first kappa shape index (κ1) is 36.0. The molecule has 1 heterocycles. The van der Waals surface area contributed by atoms with Crippen molar-refractivity contribution in [1.82, 2.24) is 10.3 Å². The molecule has 4 bridgehead atoms. The van der Waals surface area contributed by atoms with Crippen molar-refractivity contribution >= 4 is 19.2 Å². The number of pyridine rings is 1. The van der Waals surface area contributed by atoms with Gasteiger partial charge in [0.25, 0.3) is 0 Å². The Morgan fingerprint density at radius 2 is 1.53 bits per heavy atom. The first-order valence-corrected chi connectivity index (χ1v) is 22.3. The zero-order valence-corrected chi connectivity index (χ0v) is 32.4. The van der Waals surface area contributed by atoms with E-state index in [-0.39, 0.29) is 16.7 Å². The van der Waals surface area contributed by atoms with Crippen LogP contribution < -0.4 is 20.3 Å². The summed E-state index contributed by atoms with van der Waals surface area (Å²) in [6, 6.07) is 26.4. The maximum atomic E-state index is 12.5. The Morgan fingerprint density at radius 1 is 0.843 bits per heavy atom. The summed E-state index contributed by atoms with van der Waals surface area (Å²) in [5.41, 5.74) is 4.55. The van der Waals surface area contributed by atoms with Gasteiger partial charge in [0.15, 0.2) is 8.32 Å². The largest absolute Gasteiger partial charge is 0.494 e. The number of nitrogens with one attached hydrogen (secondary N) is 2. The van der Waals surface area contributed by atoms with Crippen molar-refractivity contribution in [2.24, 2.45) is 23.2 Å². The van der Waals surface area contributed by atoms with Gasteiger partial charge < -0.3 is 24.2 Å². The highest BCUT2D eigenvalue weighted by atomic mass is 28.4. The molecule has 0 unspecified atom stereocenters. The Hall–Kier alpha value is -3.39. The van der Waals surface area contributed by atoms with E-state index < -0.39 is 8.32 Å². The molecular formula is C44H58N2O4Si. The minimum atomic E-state index is -2.14. The van der Waals surface area contributed by atoms with Crippen molar-refractivity contribution in [2.75, 3.05) is 19.7 Å². The van der Waals surface area contributed by atoms with Crippen LogP contribution in [-0.4, -0.2) is 33.0 Å². The lowest BCUT2D eigenvalue weighted by molar-refractivity contribution is -0.0622. The Bertz CT molecular complexity index is 1790. The van der Waals surface area contributed by atoms with Crippen molar-refractivity contribution in [1.29, 1.82) is 0 Å². The molecule has 4 aliphatic rings. The third kappa shape index (κ3) is 8.47. The second-order valence-electron chi connectivity index (χ2n) is 17.5. The number of hydrogen-bond acceptors (Lipinski definition) is 5. The van der Waals surface area contributed by atoms with Crippen molar-refractivity contribution in [3.8, 4) is 11.5 Å². The zero-order chi connectivity index (χ0) is 35.6. The summed E-state index contributed by atoms with van der Waals surface area (Å²) in [4.78, 5) is 15.6. The molecule has 1 atom stereocenters. The van der Waals surface area contributed by atoms with Crippen LogP contribution >= 0.6 is 0 Å². The fourth-order valence-electron chi connectivity index (χ4n) is 9.33. The normalized spacial score (nSPS) is 23.4. The number of H-pyrrole nitrogens is 1. The molecule has 3 aromatic carbocycles. The molecule has 7 heteroatoms. The van der Waals surface area contributed by atoms with Gasteiger partial charge in [-0.15, -0.1) is 0 Å². The summed E-state index contributed by atoms with van der Waals surface area (Å²) in [6.07, 6.45) is 10.8. The summed E-state index contributed by atoms with van der Waals surface area (Å²) < 4.78 is 19.7. The molecule has 272 valence electrons. The van der Waals surface area contributed by atoms with Crippen LogP contribution in [0.1, 0.15) is 88.5 Å². The first-order valence-electron chi connectivity index (χ1n) is 19.4. The minimum Gasteiger partial charge on any atom is -0.494 e. The van der Waals surface area contributed by atoms with Crippen LogP contribution in [0.15, 0.2) is 83.7 Å². The Kier molecular flexibility index (Phi) is 10.5. The van der Waals surface area contributed by atoms with Crippen LogP contribution in [-0.2, 0) is 17.5 Å². The highest BCUT2D eigenvalue weighted by Gasteiger charge is 2.50. The van der Waals surface area contributed by atoms with E-state index in [1.807, 2.05) is 42.5 Å². The highest BCUT2D eigenvalue weighted by Crippen LogP contribution is 2.61. The summed E-state index contributed by atoms with van der Waals surface area (Å²) in [7, 11) is -2.14. The van der Waals surface area contributed by atoms with Crippen molar-refractivity contribution < 1.29 is 13.9 Å². The summed E-state index contributed by atoms with van der Waals surface area (Å²) >= 11 is 0. The fourth-order valence-corrected chi connectivity index (χ4v) is 10.6. The lowest BCUT2D eigenvalue weighted by Crippen LogP contribution is -2.46. The van der Waals surface area contributed by atoms with E-state index in [2.05, 4.69) is 74.5 Å². The van der Waals surface area contributed by atoms with Crippen LogP contribution in [0.5, 0.6) is 11.5 Å². The van der Waals surface area contributed by atoms with Gasteiger partial charge in [-0.25, -0.2) is 0 Å². The summed E-state index contributed by atoms with van der Waals surface area (Å²) in [5.74, 6) is 4.63. The number of ether oxygens (including phenoxy) is 2. The standard InChI is InChI=1S/C44H58N2O4Si/c1-43(2,3)51(4,5)50-40(37-15-17-39(42-38(37)16-18-41(47)46-42)49-30-32-9-7-6-8-10-32)29-45-21-19-31-11-13-36(14-12-31)48-22-20-44-26-33-23-34(27-44)25-35(24-33)28-44/h6-18,33-35,40,45H,19-30H2,1-5H3,(H,46,47)/t33?,34?,35?,40-,44?/m0/s1. The number of benzene rings is 3. The predicted octanol–water partition coefficient (Wildman–Crippen LogP) is 9.99. The van der Waals surface area contributed by atoms with Gasteiger partial charge in [0.1, 0.15) is 18.1 Å². The van der Waals surface area contributed by atoms with E-state index in [1.54, 1.807) is 6.07 Å². The van der Waals surface area contributed by atoms with E-state index in [1.165, 1.54) is 50.5 Å². The molecule has 4 aliphatic carbocycles. The predicted molar refractivity (Wildman–Crippen MR) is 210 cm³/mol. The fraction of sp³-hybridized carbons (Fsp3) is 0.523. The van der Waals surface area contributed by atoms with Crippen molar-refractivity contribution in [3.63, 3.8) is 0 Å². The summed E-state index contributed by atoms with van der Waals surface area (Å²) in [6.45, 7) is 14.2. The topological polar surface area (TPSA) is 72.6 Å². The van der Waals surface area contributed by atoms with E-state index in [0.717, 1.165) is 59.6 Å². The Morgan fingerprint density at radius 3 is 2.20 bits per heavy atom. The number of fused-ring (bicyclic) bond motifs is 1. The molecule has 0 saturated heterocycles. The molecule has 51 heavy (non-hydrogen) atoms. The number of rotatable bonds is 15. The average molecular weight is 707 g/mol. The van der Waals surface area contributed by atoms with Gasteiger partial charge in [-0.05, 0) is 140 Å². The zero-order valence-electron chi connectivity index (χ0n) is 31.4. The van der Waals surface area contributed by atoms with Crippen LogP contribution in [0.25, 0.3) is 10.9 Å². The Balaban J connectivity index is 0.982. The molecule has 2 N–H and O–H groups in total. The maximum Gasteiger partial charge on any atom is 0.248 e. The molecular weight excluding hydrogens is 649 g/mol. The molecule has 4 aromatic rings. The van der Waals surface area contributed by atoms with Gasteiger partial charge in [-0.2, -0.15) is 0 Å². The van der Waals surface area contributed by atoms with Gasteiger partial charge in [0.05, 0.1) is 18.2 Å². The number of hydrogen-bond donors (Lipinski definition) is 2. The Labute approximate surface area is 305 Å². The monoisotopic (exact) mass is 706 g/mol. The van der Waals surface area contributed by atoms with Crippen molar-refractivity contribution in [2.45, 2.75) is 103 Å². The van der Waals surface area contributed by atoms with E-state index in [0.29, 0.717) is 29.8 Å². The van der Waals surface area contributed by atoms with Crippen LogP contribution in [0, 0.1) is 23.2 Å². The molecule has 4 fully saturated rings. The number of aromatic nitrogens is 1. The van der Waals surface area contributed by atoms with Gasteiger partial charge in [0.2, 0.25) is 5.56 Å². The van der Waals surface area contributed by atoms with E-state index in [9.17, 15) is 4.79 Å². The van der Waals surface area contributed by atoms with Crippen molar-refractivity contribution in [3.05, 3.63) is 106 Å². The van der Waals surface area contributed by atoms with E-state index >= 15 is 0 Å². The average Bonchev–Trinajstić information content (AvgIpc) is 3.08. The molecule has 0 radical (unpaired) electrons. The van der Waals surface area contributed by atoms with Crippen LogP contribution in [0.3, 0.4) is 0 Å². The summed E-state index contributed by atoms with van der Waals surface area (Å²) in [5, 5.41) is 4.72. The third-order valence-electron chi connectivity index (χ3n) is 12.6. The molecule has 0 aliphatic heterocycles. The first-order chi connectivity index (χ1) is 24.5. The van der Waals surface area contributed by atoms with Gasteiger partial charge in [-0.3, -0.25) is 4.79 Å². The molecule has 0 amide bonds. The van der Waals surface area contributed by atoms with Gasteiger partial charge >= 0.3 is 0 Å². The quantitative estimate of drug-likeness (QED) is 0.0951. The molecule has 6 nitrogen and oxygen atoms in total. The van der Waals surface area contributed by atoms with Crippen LogP contribution in [0.4, 0.5) is 0 Å². The second kappa shape index (κ2) is 14.9. The smallest absolute Gasteiger partial charge is 0.248 e. The highest BCUT2D eigenvalue weighted by molar-refractivity contribution is 6.74. The third-order valence-corrected chi connectivity index (χ3v) is 17.1. The van der Waals surface area contributed by atoms with Gasteiger partial charge in [0, 0.05) is 18.0 Å². The number of aromatic amines is 1. The second-order valence-corrected chi connectivity index (χ2v) is 22.3. The molecule has 0 spiro atoms. The van der Waals surface area contributed by atoms with Crippen LogP contribution in [0.2, 0.25) is 18.1 Å².